The van der Waals surface area contributed by atoms with E-state index in [1.807, 2.05) is 18.2 Å². The van der Waals surface area contributed by atoms with Gasteiger partial charge in [0, 0.05) is 6.42 Å². The molecule has 150 valence electrons. The van der Waals surface area contributed by atoms with Crippen molar-refractivity contribution in [3.8, 4) is 0 Å². The Bertz CT molecular complexity index is 804. The molecule has 0 bridgehead atoms. The van der Waals surface area contributed by atoms with Crippen molar-refractivity contribution in [2.24, 2.45) is 0 Å². The van der Waals surface area contributed by atoms with Gasteiger partial charge in [-0.15, -0.1) is 0 Å². The fraction of sp³-hybridized carbons (Fsp3) is 0.474. The number of nitrogens with one attached hydrogen (secondary N) is 2. The Morgan fingerprint density at radius 3 is 2.46 bits per heavy atom. The van der Waals surface area contributed by atoms with Gasteiger partial charge in [0.25, 0.3) is 5.91 Å². The topological polar surface area (TPSA) is 114 Å². The standard InChI is InChI=1S/C19H23N3O6/c1-18(2,3)28-14(23)13-9-19(15(24)20-16(25)21-19)11-22(13)17(26)27-10-12-7-5-4-6-8-12/h4-8,13H,9-11H2,1-3H3,(H2,20,21,24,25)/t13-,19-/m0/s1. The quantitative estimate of drug-likeness (QED) is 0.595. The molecule has 0 unspecified atom stereocenters. The second kappa shape index (κ2) is 7.14. The molecule has 0 aliphatic carbocycles. The number of benzene rings is 1. The number of urea groups is 1. The summed E-state index contributed by atoms with van der Waals surface area (Å²) in [5.74, 6) is -1.24. The maximum atomic E-state index is 12.7. The van der Waals surface area contributed by atoms with Crippen molar-refractivity contribution in [2.75, 3.05) is 6.54 Å². The number of nitrogens with zero attached hydrogens (tertiary/aromatic N) is 1. The Morgan fingerprint density at radius 1 is 1.21 bits per heavy atom. The maximum Gasteiger partial charge on any atom is 0.410 e. The third kappa shape index (κ3) is 4.08. The summed E-state index contributed by atoms with van der Waals surface area (Å²) < 4.78 is 10.7. The third-order valence-electron chi connectivity index (χ3n) is 4.49. The number of ether oxygens (including phenoxy) is 2. The summed E-state index contributed by atoms with van der Waals surface area (Å²) in [6, 6.07) is 7.37. The first-order chi connectivity index (χ1) is 13.1. The minimum Gasteiger partial charge on any atom is -0.458 e. The van der Waals surface area contributed by atoms with Crippen molar-refractivity contribution in [3.63, 3.8) is 0 Å². The van der Waals surface area contributed by atoms with Crippen LogP contribution >= 0.6 is 0 Å². The van der Waals surface area contributed by atoms with Crippen LogP contribution in [0.5, 0.6) is 0 Å². The number of carbonyl (C=O) groups excluding carboxylic acids is 4. The molecular formula is C19H23N3O6. The maximum absolute atomic E-state index is 12.7. The van der Waals surface area contributed by atoms with Crippen molar-refractivity contribution in [1.82, 2.24) is 15.5 Å². The average molecular weight is 389 g/mol. The third-order valence-corrected chi connectivity index (χ3v) is 4.49. The van der Waals surface area contributed by atoms with Crippen LogP contribution in [-0.2, 0) is 25.7 Å². The Labute approximate surface area is 162 Å². The van der Waals surface area contributed by atoms with E-state index in [-0.39, 0.29) is 19.6 Å². The molecule has 2 fully saturated rings. The molecule has 2 heterocycles. The number of hydrogen-bond donors (Lipinski definition) is 2. The van der Waals surface area contributed by atoms with Gasteiger partial charge < -0.3 is 14.8 Å². The Balaban J connectivity index is 1.78. The lowest BCUT2D eigenvalue weighted by atomic mass is 9.96. The molecule has 0 radical (unpaired) electrons. The highest BCUT2D eigenvalue weighted by Gasteiger charge is 2.58. The van der Waals surface area contributed by atoms with Gasteiger partial charge in [0.1, 0.15) is 23.8 Å². The molecule has 4 amide bonds. The van der Waals surface area contributed by atoms with Gasteiger partial charge in [-0.05, 0) is 26.3 Å². The van der Waals surface area contributed by atoms with Crippen LogP contribution in [0.2, 0.25) is 0 Å². The number of esters is 1. The van der Waals surface area contributed by atoms with Gasteiger partial charge in [-0.1, -0.05) is 30.3 Å². The van der Waals surface area contributed by atoms with E-state index in [1.54, 1.807) is 32.9 Å². The lowest BCUT2D eigenvalue weighted by molar-refractivity contribution is -0.159. The molecule has 2 saturated heterocycles. The number of rotatable bonds is 3. The second-order valence-corrected chi connectivity index (χ2v) is 7.91. The van der Waals surface area contributed by atoms with Crippen molar-refractivity contribution in [3.05, 3.63) is 35.9 Å². The highest BCUT2D eigenvalue weighted by molar-refractivity contribution is 6.08. The van der Waals surface area contributed by atoms with E-state index in [0.717, 1.165) is 10.5 Å². The first kappa shape index (κ1) is 19.7. The van der Waals surface area contributed by atoms with Gasteiger partial charge in [0.15, 0.2) is 0 Å². The minimum atomic E-state index is -1.37. The Kier molecular flexibility index (Phi) is 5.01. The molecule has 1 spiro atoms. The van der Waals surface area contributed by atoms with Crippen LogP contribution in [0.15, 0.2) is 30.3 Å². The van der Waals surface area contributed by atoms with Crippen LogP contribution in [0.25, 0.3) is 0 Å². The molecule has 2 atom stereocenters. The molecule has 2 aliphatic heterocycles. The van der Waals surface area contributed by atoms with Crippen LogP contribution in [0.1, 0.15) is 32.8 Å². The first-order valence-electron chi connectivity index (χ1n) is 8.93. The number of hydrogen-bond acceptors (Lipinski definition) is 6. The zero-order valence-corrected chi connectivity index (χ0v) is 16.0. The van der Waals surface area contributed by atoms with E-state index < -0.39 is 41.2 Å². The number of carbonyl (C=O) groups is 4. The first-order valence-corrected chi connectivity index (χ1v) is 8.93. The van der Waals surface area contributed by atoms with E-state index in [0.29, 0.717) is 0 Å². The summed E-state index contributed by atoms with van der Waals surface area (Å²) in [7, 11) is 0. The van der Waals surface area contributed by atoms with Gasteiger partial charge in [-0.2, -0.15) is 0 Å². The second-order valence-electron chi connectivity index (χ2n) is 7.91. The summed E-state index contributed by atoms with van der Waals surface area (Å²) >= 11 is 0. The summed E-state index contributed by atoms with van der Waals surface area (Å²) in [5.41, 5.74) is -1.36. The van der Waals surface area contributed by atoms with Crippen LogP contribution in [0, 0.1) is 0 Å². The summed E-state index contributed by atoms with van der Waals surface area (Å²) in [6.45, 7) is 4.96. The van der Waals surface area contributed by atoms with Crippen molar-refractivity contribution in [2.45, 2.75) is 51.0 Å². The van der Waals surface area contributed by atoms with Gasteiger partial charge in [0.05, 0.1) is 6.54 Å². The van der Waals surface area contributed by atoms with Crippen LogP contribution < -0.4 is 10.6 Å². The SMILES string of the molecule is CC(C)(C)OC(=O)[C@@H]1C[C@@]2(CN1C(=O)OCc1ccccc1)NC(=O)NC2=O. The monoisotopic (exact) mass is 389 g/mol. The summed E-state index contributed by atoms with van der Waals surface area (Å²) in [6.07, 6.45) is -0.842. The summed E-state index contributed by atoms with van der Waals surface area (Å²) in [4.78, 5) is 50.4. The minimum absolute atomic E-state index is 0.0166. The lowest BCUT2D eigenvalue weighted by Crippen LogP contribution is -2.49. The predicted octanol–water partition coefficient (Wildman–Crippen LogP) is 1.32. The smallest absolute Gasteiger partial charge is 0.410 e. The normalized spacial score (nSPS) is 24.1. The lowest BCUT2D eigenvalue weighted by Gasteiger charge is -2.26. The molecule has 2 N–H and O–H groups in total. The molecule has 1 aromatic rings. The Hall–Kier alpha value is -3.10. The zero-order valence-electron chi connectivity index (χ0n) is 16.0. The number of likely N-dealkylation sites (tertiary alicyclic amines) is 1. The highest BCUT2D eigenvalue weighted by Crippen LogP contribution is 2.32. The van der Waals surface area contributed by atoms with E-state index in [2.05, 4.69) is 10.6 Å². The van der Waals surface area contributed by atoms with Crippen LogP contribution in [0.3, 0.4) is 0 Å². The zero-order chi connectivity index (χ0) is 20.5. The fourth-order valence-corrected chi connectivity index (χ4v) is 3.26. The molecule has 2 aliphatic rings. The van der Waals surface area contributed by atoms with Gasteiger partial charge in [-0.25, -0.2) is 14.4 Å². The molecule has 9 nitrogen and oxygen atoms in total. The Morgan fingerprint density at radius 2 is 1.89 bits per heavy atom. The van der Waals surface area contributed by atoms with Gasteiger partial charge in [-0.3, -0.25) is 15.0 Å². The highest BCUT2D eigenvalue weighted by atomic mass is 16.6. The fourth-order valence-electron chi connectivity index (χ4n) is 3.26. The molecule has 0 aromatic heterocycles. The largest absolute Gasteiger partial charge is 0.458 e. The van der Waals surface area contributed by atoms with Crippen molar-refractivity contribution < 1.29 is 28.7 Å². The van der Waals surface area contributed by atoms with Crippen molar-refractivity contribution in [1.29, 1.82) is 0 Å². The van der Waals surface area contributed by atoms with Crippen LogP contribution in [0.4, 0.5) is 9.59 Å². The molecule has 0 saturated carbocycles. The number of imide groups is 1. The molecule has 1 aromatic carbocycles. The molecule has 3 rings (SSSR count). The van der Waals surface area contributed by atoms with Crippen molar-refractivity contribution >= 4 is 24.0 Å². The van der Waals surface area contributed by atoms with E-state index in [4.69, 9.17) is 9.47 Å². The molecule has 28 heavy (non-hydrogen) atoms. The molecular weight excluding hydrogens is 366 g/mol. The average Bonchev–Trinajstić information content (AvgIpc) is 3.12. The van der Waals surface area contributed by atoms with Gasteiger partial charge in [0.2, 0.25) is 0 Å². The van der Waals surface area contributed by atoms with E-state index >= 15 is 0 Å². The molecule has 9 heteroatoms. The van der Waals surface area contributed by atoms with Gasteiger partial charge >= 0.3 is 18.1 Å². The summed E-state index contributed by atoms with van der Waals surface area (Å²) in [5, 5.41) is 4.68. The van der Waals surface area contributed by atoms with E-state index in [9.17, 15) is 19.2 Å². The van der Waals surface area contributed by atoms with E-state index in [1.165, 1.54) is 0 Å². The predicted molar refractivity (Wildman–Crippen MR) is 97.0 cm³/mol. The number of amides is 4. The van der Waals surface area contributed by atoms with Crippen LogP contribution in [-0.4, -0.2) is 52.6 Å².